The second-order valence-electron chi connectivity index (χ2n) is 5.86. The van der Waals surface area contributed by atoms with Crippen molar-refractivity contribution in [1.29, 1.82) is 0 Å². The fourth-order valence-corrected chi connectivity index (χ4v) is 2.82. The highest BCUT2D eigenvalue weighted by atomic mass is 16.3. The van der Waals surface area contributed by atoms with Crippen LogP contribution < -0.4 is 4.90 Å². The molecule has 0 atom stereocenters. The highest BCUT2D eigenvalue weighted by Crippen LogP contribution is 2.25. The molecule has 0 radical (unpaired) electrons. The summed E-state index contributed by atoms with van der Waals surface area (Å²) in [4.78, 5) is 21.6. The van der Waals surface area contributed by atoms with Crippen LogP contribution in [0.15, 0.2) is 89.9 Å². The Balaban J connectivity index is 1.66. The maximum atomic E-state index is 12.9. The number of furan rings is 1. The van der Waals surface area contributed by atoms with Crippen molar-refractivity contribution in [3.63, 3.8) is 0 Å². The standard InChI is InChI=1S/C21H17N3O2/c25-21(20-7-4-12-26-20)24(14-18-13-22-15-23-18)19-10-8-17(9-11-19)16-5-2-1-3-6-16/h1-13,15H,14H2,(H,22,23). The van der Waals surface area contributed by atoms with Gasteiger partial charge in [-0.1, -0.05) is 42.5 Å². The third-order valence-corrected chi connectivity index (χ3v) is 4.15. The minimum atomic E-state index is -0.197. The van der Waals surface area contributed by atoms with Crippen LogP contribution >= 0.6 is 0 Å². The molecule has 128 valence electrons. The molecule has 2 aromatic carbocycles. The first-order valence-electron chi connectivity index (χ1n) is 8.29. The Hall–Kier alpha value is -3.60. The van der Waals surface area contributed by atoms with Gasteiger partial charge in [0, 0.05) is 11.9 Å². The average Bonchev–Trinajstić information content (AvgIpc) is 3.40. The molecule has 2 aromatic heterocycles. The van der Waals surface area contributed by atoms with E-state index in [2.05, 4.69) is 22.1 Å². The molecular formula is C21H17N3O2. The molecule has 2 heterocycles. The Bertz CT molecular complexity index is 960. The molecule has 0 bridgehead atoms. The molecule has 0 spiro atoms. The summed E-state index contributed by atoms with van der Waals surface area (Å²) in [7, 11) is 0. The molecule has 5 nitrogen and oxygen atoms in total. The molecule has 0 aliphatic carbocycles. The summed E-state index contributed by atoms with van der Waals surface area (Å²) in [5.74, 6) is 0.105. The molecule has 5 heteroatoms. The van der Waals surface area contributed by atoms with Crippen LogP contribution in [0.1, 0.15) is 16.2 Å². The smallest absolute Gasteiger partial charge is 0.294 e. The summed E-state index contributed by atoms with van der Waals surface area (Å²) in [6, 6.07) is 21.4. The van der Waals surface area contributed by atoms with E-state index in [-0.39, 0.29) is 5.91 Å². The van der Waals surface area contributed by atoms with Crippen LogP contribution in [0.5, 0.6) is 0 Å². The minimum absolute atomic E-state index is 0.197. The van der Waals surface area contributed by atoms with E-state index in [1.54, 1.807) is 29.6 Å². The van der Waals surface area contributed by atoms with Crippen LogP contribution in [0, 0.1) is 0 Å². The second-order valence-corrected chi connectivity index (χ2v) is 5.86. The number of benzene rings is 2. The lowest BCUT2D eigenvalue weighted by atomic mass is 10.1. The van der Waals surface area contributed by atoms with Gasteiger partial charge in [-0.25, -0.2) is 4.98 Å². The van der Waals surface area contributed by atoms with Crippen LogP contribution in [0.2, 0.25) is 0 Å². The number of carbonyl (C=O) groups excluding carboxylic acids is 1. The minimum Gasteiger partial charge on any atom is -0.459 e. The van der Waals surface area contributed by atoms with Gasteiger partial charge >= 0.3 is 0 Å². The zero-order chi connectivity index (χ0) is 17.8. The molecule has 0 fully saturated rings. The largest absolute Gasteiger partial charge is 0.459 e. The van der Waals surface area contributed by atoms with Crippen LogP contribution in [0.3, 0.4) is 0 Å². The fourth-order valence-electron chi connectivity index (χ4n) is 2.82. The van der Waals surface area contributed by atoms with Gasteiger partial charge in [0.25, 0.3) is 5.91 Å². The molecule has 1 amide bonds. The lowest BCUT2D eigenvalue weighted by molar-refractivity contribution is 0.0958. The summed E-state index contributed by atoms with van der Waals surface area (Å²) in [6.07, 6.45) is 4.81. The average molecular weight is 343 g/mol. The van der Waals surface area contributed by atoms with Gasteiger partial charge in [0.1, 0.15) is 0 Å². The van der Waals surface area contributed by atoms with Crippen molar-refractivity contribution < 1.29 is 9.21 Å². The zero-order valence-electron chi connectivity index (χ0n) is 14.0. The molecule has 0 saturated carbocycles. The molecule has 1 N–H and O–H groups in total. The number of hydrogen-bond acceptors (Lipinski definition) is 3. The Kier molecular flexibility index (Phi) is 4.35. The fraction of sp³-hybridized carbons (Fsp3) is 0.0476. The van der Waals surface area contributed by atoms with Crippen LogP contribution in [-0.4, -0.2) is 15.9 Å². The Labute approximate surface area is 150 Å². The predicted octanol–water partition coefficient (Wildman–Crippen LogP) is 4.52. The molecule has 26 heavy (non-hydrogen) atoms. The first kappa shape index (κ1) is 15.9. The molecule has 4 rings (SSSR count). The van der Waals surface area contributed by atoms with E-state index in [1.807, 2.05) is 42.5 Å². The number of H-pyrrole nitrogens is 1. The number of anilines is 1. The van der Waals surface area contributed by atoms with E-state index >= 15 is 0 Å². The van der Waals surface area contributed by atoms with Gasteiger partial charge in [-0.05, 0) is 35.4 Å². The number of aromatic amines is 1. The van der Waals surface area contributed by atoms with Crippen molar-refractivity contribution >= 4 is 11.6 Å². The molecule has 0 aliphatic rings. The Morgan fingerprint density at radius 3 is 2.38 bits per heavy atom. The van der Waals surface area contributed by atoms with Gasteiger partial charge < -0.3 is 9.40 Å². The number of amides is 1. The molecule has 0 saturated heterocycles. The van der Waals surface area contributed by atoms with E-state index < -0.39 is 0 Å². The third kappa shape index (κ3) is 3.28. The molecule has 0 unspecified atom stereocenters. The van der Waals surface area contributed by atoms with Gasteiger partial charge in [-0.2, -0.15) is 0 Å². The lowest BCUT2D eigenvalue weighted by Crippen LogP contribution is -2.30. The molecule has 4 aromatic rings. The van der Waals surface area contributed by atoms with Gasteiger partial charge in [-0.3, -0.25) is 9.69 Å². The maximum absolute atomic E-state index is 12.9. The van der Waals surface area contributed by atoms with Gasteiger partial charge in [-0.15, -0.1) is 0 Å². The number of imidazole rings is 1. The van der Waals surface area contributed by atoms with E-state index in [1.165, 1.54) is 6.26 Å². The highest BCUT2D eigenvalue weighted by Gasteiger charge is 2.21. The quantitative estimate of drug-likeness (QED) is 0.580. The number of rotatable bonds is 5. The normalized spacial score (nSPS) is 10.6. The van der Waals surface area contributed by atoms with Gasteiger partial charge in [0.05, 0.1) is 24.8 Å². The van der Waals surface area contributed by atoms with Crippen molar-refractivity contribution in [3.8, 4) is 11.1 Å². The first-order chi connectivity index (χ1) is 12.8. The van der Waals surface area contributed by atoms with Crippen molar-refractivity contribution in [3.05, 3.63) is 97.0 Å². The van der Waals surface area contributed by atoms with Gasteiger partial charge in [0.15, 0.2) is 5.76 Å². The first-order valence-corrected chi connectivity index (χ1v) is 8.29. The van der Waals surface area contributed by atoms with E-state index in [4.69, 9.17) is 4.42 Å². The lowest BCUT2D eigenvalue weighted by Gasteiger charge is -2.21. The Morgan fingerprint density at radius 2 is 1.73 bits per heavy atom. The maximum Gasteiger partial charge on any atom is 0.294 e. The predicted molar refractivity (Wildman–Crippen MR) is 99.7 cm³/mol. The topological polar surface area (TPSA) is 62.1 Å². The van der Waals surface area contributed by atoms with E-state index in [0.29, 0.717) is 12.3 Å². The summed E-state index contributed by atoms with van der Waals surface area (Å²) in [5.41, 5.74) is 3.87. The summed E-state index contributed by atoms with van der Waals surface area (Å²) < 4.78 is 5.29. The summed E-state index contributed by atoms with van der Waals surface area (Å²) >= 11 is 0. The van der Waals surface area contributed by atoms with E-state index in [0.717, 1.165) is 22.5 Å². The number of carbonyl (C=O) groups is 1. The van der Waals surface area contributed by atoms with Crippen molar-refractivity contribution in [2.75, 3.05) is 4.90 Å². The number of nitrogens with zero attached hydrogens (tertiary/aromatic N) is 2. The SMILES string of the molecule is O=C(c1ccco1)N(Cc1cnc[nH]1)c1ccc(-c2ccccc2)cc1. The molecular weight excluding hydrogens is 326 g/mol. The van der Waals surface area contributed by atoms with Crippen molar-refractivity contribution in [2.24, 2.45) is 0 Å². The Morgan fingerprint density at radius 1 is 0.962 bits per heavy atom. The monoisotopic (exact) mass is 343 g/mol. The van der Waals surface area contributed by atoms with E-state index in [9.17, 15) is 4.79 Å². The van der Waals surface area contributed by atoms with Crippen LogP contribution in [0.4, 0.5) is 5.69 Å². The second kappa shape index (κ2) is 7.11. The molecule has 0 aliphatic heterocycles. The van der Waals surface area contributed by atoms with Crippen LogP contribution in [-0.2, 0) is 6.54 Å². The summed E-state index contributed by atoms with van der Waals surface area (Å²) in [6.45, 7) is 0.379. The zero-order valence-corrected chi connectivity index (χ0v) is 14.0. The third-order valence-electron chi connectivity index (χ3n) is 4.15. The van der Waals surface area contributed by atoms with Crippen molar-refractivity contribution in [2.45, 2.75) is 6.54 Å². The highest BCUT2D eigenvalue weighted by molar-refractivity contribution is 6.04. The van der Waals surface area contributed by atoms with Gasteiger partial charge in [0.2, 0.25) is 0 Å². The number of nitrogens with one attached hydrogen (secondary N) is 1. The number of aromatic nitrogens is 2. The summed E-state index contributed by atoms with van der Waals surface area (Å²) in [5, 5.41) is 0. The van der Waals surface area contributed by atoms with Crippen LogP contribution in [0.25, 0.3) is 11.1 Å². The number of hydrogen-bond donors (Lipinski definition) is 1. The van der Waals surface area contributed by atoms with Crippen molar-refractivity contribution in [1.82, 2.24) is 9.97 Å².